The Morgan fingerprint density at radius 3 is 2.19 bits per heavy atom. The van der Waals surface area contributed by atoms with Crippen molar-refractivity contribution in [2.24, 2.45) is 0 Å². The molecule has 0 spiro atoms. The van der Waals surface area contributed by atoms with E-state index in [4.69, 9.17) is 0 Å². The summed E-state index contributed by atoms with van der Waals surface area (Å²) in [7, 11) is 0. The van der Waals surface area contributed by atoms with Crippen molar-refractivity contribution in [2.45, 2.75) is 83.7 Å². The number of thioether (sulfide) groups is 1. The van der Waals surface area contributed by atoms with E-state index in [0.717, 1.165) is 12.3 Å². The number of unbranched alkanes of at least 4 members (excludes halogenated alkanes) is 7. The highest BCUT2D eigenvalue weighted by Crippen LogP contribution is 2.14. The lowest BCUT2D eigenvalue weighted by atomic mass is 10.1. The smallest absolute Gasteiger partial charge is 0.0757 e. The van der Waals surface area contributed by atoms with E-state index >= 15 is 0 Å². The number of piperidine rings is 1. The lowest BCUT2D eigenvalue weighted by Crippen LogP contribution is -2.37. The van der Waals surface area contributed by atoms with E-state index < -0.39 is 0 Å². The standard InChI is InChI=1S/C18H37NOS/c1-2-3-4-5-6-7-8-12-15-21-17-18(20)16-19-13-10-9-11-14-19/h18,20H,2-17H2,1H3. The van der Waals surface area contributed by atoms with Crippen LogP contribution in [0.25, 0.3) is 0 Å². The van der Waals surface area contributed by atoms with Gasteiger partial charge in [0.2, 0.25) is 0 Å². The maximum absolute atomic E-state index is 10.1. The third-order valence-corrected chi connectivity index (χ3v) is 5.57. The lowest BCUT2D eigenvalue weighted by Gasteiger charge is -2.28. The zero-order chi connectivity index (χ0) is 15.2. The number of hydrogen-bond donors (Lipinski definition) is 1. The molecular formula is C18H37NOS. The third-order valence-electron chi connectivity index (χ3n) is 4.37. The molecule has 0 aromatic rings. The molecule has 0 aromatic heterocycles. The van der Waals surface area contributed by atoms with Crippen LogP contribution in [0.5, 0.6) is 0 Å². The van der Waals surface area contributed by atoms with Gasteiger partial charge in [-0.1, -0.05) is 58.3 Å². The summed E-state index contributed by atoms with van der Waals surface area (Å²) in [5, 5.41) is 10.1. The number of hydrogen-bond acceptors (Lipinski definition) is 3. The number of likely N-dealkylation sites (tertiary alicyclic amines) is 1. The Balaban J connectivity index is 1.80. The van der Waals surface area contributed by atoms with Crippen molar-refractivity contribution < 1.29 is 5.11 Å². The van der Waals surface area contributed by atoms with Crippen LogP contribution in [0.15, 0.2) is 0 Å². The fourth-order valence-electron chi connectivity index (χ4n) is 3.05. The monoisotopic (exact) mass is 315 g/mol. The van der Waals surface area contributed by atoms with Crippen LogP contribution >= 0.6 is 11.8 Å². The van der Waals surface area contributed by atoms with E-state index in [2.05, 4.69) is 11.8 Å². The van der Waals surface area contributed by atoms with Crippen molar-refractivity contribution in [1.29, 1.82) is 0 Å². The van der Waals surface area contributed by atoms with Crippen molar-refractivity contribution >= 4 is 11.8 Å². The van der Waals surface area contributed by atoms with Gasteiger partial charge in [-0.3, -0.25) is 0 Å². The van der Waals surface area contributed by atoms with Gasteiger partial charge in [0.05, 0.1) is 6.10 Å². The van der Waals surface area contributed by atoms with Gasteiger partial charge in [0.15, 0.2) is 0 Å². The molecule has 3 heteroatoms. The zero-order valence-electron chi connectivity index (χ0n) is 14.2. The van der Waals surface area contributed by atoms with E-state index in [-0.39, 0.29) is 6.10 Å². The second kappa shape index (κ2) is 13.9. The Morgan fingerprint density at radius 1 is 0.905 bits per heavy atom. The summed E-state index contributed by atoms with van der Waals surface area (Å²) in [6.07, 6.45) is 15.0. The highest BCUT2D eigenvalue weighted by molar-refractivity contribution is 7.99. The molecule has 2 nitrogen and oxygen atoms in total. The molecule has 21 heavy (non-hydrogen) atoms. The van der Waals surface area contributed by atoms with E-state index in [1.165, 1.54) is 89.5 Å². The molecule has 0 amide bonds. The summed E-state index contributed by atoms with van der Waals surface area (Å²) in [6, 6.07) is 0. The van der Waals surface area contributed by atoms with E-state index in [1.807, 2.05) is 11.8 Å². The maximum Gasteiger partial charge on any atom is 0.0757 e. The third kappa shape index (κ3) is 11.5. The Bertz CT molecular complexity index is 219. The Morgan fingerprint density at radius 2 is 1.52 bits per heavy atom. The molecule has 0 aliphatic carbocycles. The molecule has 1 rings (SSSR count). The molecule has 0 aromatic carbocycles. The number of rotatable bonds is 13. The highest BCUT2D eigenvalue weighted by Gasteiger charge is 2.14. The number of nitrogens with zero attached hydrogens (tertiary/aromatic N) is 1. The summed E-state index contributed by atoms with van der Waals surface area (Å²) < 4.78 is 0. The van der Waals surface area contributed by atoms with Gasteiger partial charge in [0.25, 0.3) is 0 Å². The van der Waals surface area contributed by atoms with Crippen LogP contribution in [0.1, 0.15) is 77.6 Å². The summed E-state index contributed by atoms with van der Waals surface area (Å²) in [5.41, 5.74) is 0. The molecule has 1 unspecified atom stereocenters. The topological polar surface area (TPSA) is 23.5 Å². The summed E-state index contributed by atoms with van der Waals surface area (Å²) in [4.78, 5) is 2.44. The molecule has 1 fully saturated rings. The Labute approximate surface area is 137 Å². The van der Waals surface area contributed by atoms with Crippen molar-refractivity contribution in [3.8, 4) is 0 Å². The highest BCUT2D eigenvalue weighted by atomic mass is 32.2. The van der Waals surface area contributed by atoms with Crippen LogP contribution in [0.4, 0.5) is 0 Å². The summed E-state index contributed by atoms with van der Waals surface area (Å²) in [6.45, 7) is 5.56. The second-order valence-corrected chi connectivity index (χ2v) is 7.71. The van der Waals surface area contributed by atoms with Gasteiger partial charge >= 0.3 is 0 Å². The first-order valence-corrected chi connectivity index (χ1v) is 10.5. The first-order chi connectivity index (χ1) is 10.3. The van der Waals surface area contributed by atoms with Crippen molar-refractivity contribution in [2.75, 3.05) is 31.1 Å². The van der Waals surface area contributed by atoms with Gasteiger partial charge < -0.3 is 10.0 Å². The first kappa shape index (κ1) is 19.3. The Kier molecular flexibility index (Phi) is 12.8. The summed E-state index contributed by atoms with van der Waals surface area (Å²) >= 11 is 1.95. The number of aliphatic hydroxyl groups excluding tert-OH is 1. The molecular weight excluding hydrogens is 278 g/mol. The zero-order valence-corrected chi connectivity index (χ0v) is 15.0. The van der Waals surface area contributed by atoms with Gasteiger partial charge in [-0.05, 0) is 38.1 Å². The quantitative estimate of drug-likeness (QED) is 0.498. The lowest BCUT2D eigenvalue weighted by molar-refractivity contribution is 0.117. The van der Waals surface area contributed by atoms with E-state index in [0.29, 0.717) is 0 Å². The average molecular weight is 316 g/mol. The fourth-order valence-corrected chi connectivity index (χ4v) is 4.00. The van der Waals surface area contributed by atoms with E-state index in [9.17, 15) is 5.11 Å². The molecule has 1 saturated heterocycles. The van der Waals surface area contributed by atoms with Gasteiger partial charge in [0.1, 0.15) is 0 Å². The van der Waals surface area contributed by atoms with Gasteiger partial charge in [-0.2, -0.15) is 11.8 Å². The van der Waals surface area contributed by atoms with Crippen LogP contribution in [0.2, 0.25) is 0 Å². The van der Waals surface area contributed by atoms with Crippen LogP contribution in [0, 0.1) is 0 Å². The van der Waals surface area contributed by atoms with Crippen molar-refractivity contribution in [3.05, 3.63) is 0 Å². The minimum Gasteiger partial charge on any atom is -0.391 e. The fraction of sp³-hybridized carbons (Fsp3) is 1.00. The predicted molar refractivity (Wildman–Crippen MR) is 96.2 cm³/mol. The van der Waals surface area contributed by atoms with Crippen LogP contribution in [-0.4, -0.2) is 47.3 Å². The molecule has 1 aliphatic heterocycles. The molecule has 1 heterocycles. The average Bonchev–Trinajstić information content (AvgIpc) is 2.50. The predicted octanol–water partition coefficient (Wildman–Crippen LogP) is 4.71. The van der Waals surface area contributed by atoms with Gasteiger partial charge in [0, 0.05) is 12.3 Å². The molecule has 1 atom stereocenters. The maximum atomic E-state index is 10.1. The molecule has 1 N–H and O–H groups in total. The van der Waals surface area contributed by atoms with Crippen LogP contribution in [0.3, 0.4) is 0 Å². The first-order valence-electron chi connectivity index (χ1n) is 9.31. The molecule has 0 saturated carbocycles. The Hall–Kier alpha value is 0.270. The largest absolute Gasteiger partial charge is 0.391 e. The van der Waals surface area contributed by atoms with Crippen molar-refractivity contribution in [1.82, 2.24) is 4.90 Å². The molecule has 126 valence electrons. The summed E-state index contributed by atoms with van der Waals surface area (Å²) in [5.74, 6) is 2.15. The van der Waals surface area contributed by atoms with Gasteiger partial charge in [-0.15, -0.1) is 0 Å². The molecule has 1 aliphatic rings. The number of β-amino-alcohol motifs (C(OH)–C–C–N with tert-alkyl or cyclic N) is 1. The van der Waals surface area contributed by atoms with Crippen LogP contribution < -0.4 is 0 Å². The second-order valence-electron chi connectivity index (χ2n) is 6.56. The normalized spacial score (nSPS) is 18.0. The van der Waals surface area contributed by atoms with E-state index in [1.54, 1.807) is 0 Å². The SMILES string of the molecule is CCCCCCCCCCSCC(O)CN1CCCCC1. The number of aliphatic hydroxyl groups is 1. The minimum atomic E-state index is -0.123. The minimum absolute atomic E-state index is 0.123. The van der Waals surface area contributed by atoms with Gasteiger partial charge in [-0.25, -0.2) is 0 Å². The van der Waals surface area contributed by atoms with Crippen LogP contribution in [-0.2, 0) is 0 Å². The molecule has 0 bridgehead atoms. The molecule has 0 radical (unpaired) electrons. The van der Waals surface area contributed by atoms with Crippen molar-refractivity contribution in [3.63, 3.8) is 0 Å².